The van der Waals surface area contributed by atoms with Crippen molar-refractivity contribution in [2.24, 2.45) is 5.10 Å². The van der Waals surface area contributed by atoms with Crippen molar-refractivity contribution in [1.82, 2.24) is 4.98 Å². The molecule has 0 fully saturated rings. The van der Waals surface area contributed by atoms with Crippen LogP contribution in [-0.4, -0.2) is 29.8 Å². The summed E-state index contributed by atoms with van der Waals surface area (Å²) in [6, 6.07) is 16.9. The quantitative estimate of drug-likeness (QED) is 0.331. The van der Waals surface area contributed by atoms with Crippen molar-refractivity contribution in [3.05, 3.63) is 83.9 Å². The number of rotatable bonds is 4. The molecule has 1 aliphatic rings. The Hall–Kier alpha value is -3.85. The minimum Gasteiger partial charge on any atom is -0.485 e. The number of nitrogens with zero attached hydrogens (tertiary/aromatic N) is 3. The fraction of sp³-hybridized carbons (Fsp3) is 0.0870. The highest BCUT2D eigenvalue weighted by Gasteiger charge is 2.33. The van der Waals surface area contributed by atoms with E-state index >= 15 is 0 Å². The lowest BCUT2D eigenvalue weighted by Gasteiger charge is -2.27. The molecule has 0 saturated carbocycles. The summed E-state index contributed by atoms with van der Waals surface area (Å²) in [5, 5.41) is 5.65. The molecule has 5 rings (SSSR count). The summed E-state index contributed by atoms with van der Waals surface area (Å²) < 4.78 is 38.9. The first-order valence-electron chi connectivity index (χ1n) is 9.65. The molecule has 32 heavy (non-hydrogen) atoms. The van der Waals surface area contributed by atoms with Crippen LogP contribution in [-0.2, 0) is 4.79 Å². The van der Waals surface area contributed by atoms with Crippen LogP contribution in [0.25, 0.3) is 10.2 Å². The summed E-state index contributed by atoms with van der Waals surface area (Å²) in [5.41, 5.74) is 1.12. The number of fused-ring (bicyclic) bond motifs is 2. The van der Waals surface area contributed by atoms with Crippen LogP contribution in [0.2, 0.25) is 0 Å². The number of ether oxygens (including phenoxy) is 2. The highest BCUT2D eigenvalue weighted by atomic mass is 32.1. The Morgan fingerprint density at radius 2 is 1.81 bits per heavy atom. The van der Waals surface area contributed by atoms with Crippen LogP contribution >= 0.6 is 11.3 Å². The average Bonchev–Trinajstić information content (AvgIpc) is 3.22. The monoisotopic (exact) mass is 451 g/mol. The highest BCUT2D eigenvalue weighted by molar-refractivity contribution is 7.22. The predicted molar refractivity (Wildman–Crippen MR) is 117 cm³/mol. The lowest BCUT2D eigenvalue weighted by Crippen LogP contribution is -2.44. The minimum absolute atomic E-state index is 0.00205. The van der Waals surface area contributed by atoms with Crippen LogP contribution in [0.1, 0.15) is 5.56 Å². The summed E-state index contributed by atoms with van der Waals surface area (Å²) >= 11 is 1.12. The van der Waals surface area contributed by atoms with E-state index in [0.29, 0.717) is 27.3 Å². The van der Waals surface area contributed by atoms with E-state index in [0.717, 1.165) is 16.3 Å². The Morgan fingerprint density at radius 1 is 1.06 bits per heavy atom. The number of hydrogen-bond acceptors (Lipinski definition) is 6. The van der Waals surface area contributed by atoms with Crippen molar-refractivity contribution in [1.29, 1.82) is 0 Å². The number of anilines is 1. The standard InChI is InChI=1S/C23H15F2N3O3S/c24-15-7-5-14(6-8-15)12-26-28(23-27-17-10-9-16(25)11-21(17)32-23)22(29)20-13-30-18-3-1-2-4-19(18)31-20/h1-12,20H,13H2/b26-12+. The first-order chi connectivity index (χ1) is 15.6. The zero-order valence-electron chi connectivity index (χ0n) is 16.4. The van der Waals surface area contributed by atoms with E-state index in [4.69, 9.17) is 9.47 Å². The highest BCUT2D eigenvalue weighted by Crippen LogP contribution is 2.34. The van der Waals surface area contributed by atoms with Crippen molar-refractivity contribution >= 4 is 38.8 Å². The van der Waals surface area contributed by atoms with E-state index < -0.39 is 17.8 Å². The summed E-state index contributed by atoms with van der Waals surface area (Å²) in [6.45, 7) is -0.00205. The van der Waals surface area contributed by atoms with Crippen LogP contribution in [0.15, 0.2) is 71.8 Å². The van der Waals surface area contributed by atoms with Crippen molar-refractivity contribution < 1.29 is 23.0 Å². The van der Waals surface area contributed by atoms with Gasteiger partial charge in [0.05, 0.1) is 16.4 Å². The molecular weight excluding hydrogens is 436 g/mol. The van der Waals surface area contributed by atoms with E-state index in [9.17, 15) is 13.6 Å². The van der Waals surface area contributed by atoms with Gasteiger partial charge in [0.25, 0.3) is 5.91 Å². The largest absolute Gasteiger partial charge is 0.485 e. The summed E-state index contributed by atoms with van der Waals surface area (Å²) in [6.07, 6.45) is 0.459. The lowest BCUT2D eigenvalue weighted by atomic mass is 10.2. The third-order valence-corrected chi connectivity index (χ3v) is 5.70. The first-order valence-corrected chi connectivity index (χ1v) is 10.5. The van der Waals surface area contributed by atoms with Crippen LogP contribution in [0, 0.1) is 11.6 Å². The molecule has 1 unspecified atom stereocenters. The normalized spacial score (nSPS) is 15.2. The smallest absolute Gasteiger partial charge is 0.294 e. The van der Waals surface area contributed by atoms with Gasteiger partial charge in [-0.15, -0.1) is 0 Å². The number of carbonyl (C=O) groups is 1. The molecule has 0 N–H and O–H groups in total. The van der Waals surface area contributed by atoms with Gasteiger partial charge in [0.1, 0.15) is 18.2 Å². The van der Waals surface area contributed by atoms with Crippen LogP contribution < -0.4 is 14.5 Å². The van der Waals surface area contributed by atoms with Gasteiger partial charge in [-0.05, 0) is 48.0 Å². The van der Waals surface area contributed by atoms with Gasteiger partial charge in [-0.1, -0.05) is 35.6 Å². The van der Waals surface area contributed by atoms with Crippen molar-refractivity contribution in [3.63, 3.8) is 0 Å². The second-order valence-electron chi connectivity index (χ2n) is 6.92. The number of amides is 1. The Morgan fingerprint density at radius 3 is 2.62 bits per heavy atom. The summed E-state index contributed by atoms with van der Waals surface area (Å²) in [7, 11) is 0. The maximum Gasteiger partial charge on any atom is 0.294 e. The maximum atomic E-state index is 13.6. The molecule has 1 amide bonds. The Labute approximate surface area is 185 Å². The molecule has 0 saturated heterocycles. The molecule has 1 aromatic heterocycles. The number of carbonyl (C=O) groups excluding carboxylic acids is 1. The van der Waals surface area contributed by atoms with E-state index in [1.54, 1.807) is 18.2 Å². The van der Waals surface area contributed by atoms with Crippen LogP contribution in [0.3, 0.4) is 0 Å². The number of benzene rings is 3. The second-order valence-corrected chi connectivity index (χ2v) is 7.93. The Bertz CT molecular complexity index is 1320. The molecule has 6 nitrogen and oxygen atoms in total. The molecule has 9 heteroatoms. The lowest BCUT2D eigenvalue weighted by molar-refractivity contribution is -0.127. The van der Waals surface area contributed by atoms with Gasteiger partial charge in [-0.25, -0.2) is 13.8 Å². The minimum atomic E-state index is -0.959. The third-order valence-electron chi connectivity index (χ3n) is 4.71. The maximum absolute atomic E-state index is 13.6. The van der Waals surface area contributed by atoms with E-state index in [-0.39, 0.29) is 17.6 Å². The summed E-state index contributed by atoms with van der Waals surface area (Å²) in [5.74, 6) is -0.285. The molecular formula is C23H15F2N3O3S. The zero-order valence-corrected chi connectivity index (χ0v) is 17.3. The number of aromatic nitrogens is 1. The van der Waals surface area contributed by atoms with Crippen molar-refractivity contribution in [3.8, 4) is 11.5 Å². The Balaban J connectivity index is 1.49. The van der Waals surface area contributed by atoms with Gasteiger partial charge >= 0.3 is 0 Å². The van der Waals surface area contributed by atoms with Gasteiger partial charge < -0.3 is 9.47 Å². The molecule has 0 radical (unpaired) electrons. The topological polar surface area (TPSA) is 64.0 Å². The molecule has 1 aliphatic heterocycles. The van der Waals surface area contributed by atoms with Crippen molar-refractivity contribution in [2.75, 3.05) is 11.6 Å². The van der Waals surface area contributed by atoms with Crippen LogP contribution in [0.5, 0.6) is 11.5 Å². The van der Waals surface area contributed by atoms with E-state index in [1.807, 2.05) is 6.07 Å². The molecule has 160 valence electrons. The van der Waals surface area contributed by atoms with Gasteiger partial charge in [0.2, 0.25) is 11.2 Å². The van der Waals surface area contributed by atoms with Crippen molar-refractivity contribution in [2.45, 2.75) is 6.10 Å². The molecule has 2 heterocycles. The van der Waals surface area contributed by atoms with Gasteiger partial charge in [-0.2, -0.15) is 10.1 Å². The van der Waals surface area contributed by atoms with E-state index in [1.165, 1.54) is 48.7 Å². The first kappa shape index (κ1) is 20.1. The predicted octanol–water partition coefficient (Wildman–Crippen LogP) is 4.78. The zero-order chi connectivity index (χ0) is 22.1. The number of halogens is 2. The fourth-order valence-corrected chi connectivity index (χ4v) is 4.08. The number of hydrogen-bond donors (Lipinski definition) is 0. The summed E-state index contributed by atoms with van der Waals surface area (Å²) in [4.78, 5) is 17.8. The molecule has 3 aromatic carbocycles. The molecule has 1 atom stereocenters. The second kappa shape index (κ2) is 8.35. The number of thiazole rings is 1. The fourth-order valence-electron chi connectivity index (χ4n) is 3.13. The SMILES string of the molecule is O=C(C1COc2ccccc2O1)N(/N=C/c1ccc(F)cc1)c1nc2ccc(F)cc2s1. The van der Waals surface area contributed by atoms with E-state index in [2.05, 4.69) is 10.1 Å². The molecule has 0 aliphatic carbocycles. The van der Waals surface area contributed by atoms with Gasteiger partial charge in [0, 0.05) is 0 Å². The molecule has 0 spiro atoms. The molecule has 0 bridgehead atoms. The third kappa shape index (κ3) is 4.02. The van der Waals surface area contributed by atoms with Gasteiger partial charge in [0.15, 0.2) is 11.5 Å². The van der Waals surface area contributed by atoms with Gasteiger partial charge in [-0.3, -0.25) is 4.79 Å². The molecule has 4 aromatic rings. The average molecular weight is 451 g/mol. The number of hydrazone groups is 1. The Kier molecular flexibility index (Phi) is 5.24. The van der Waals surface area contributed by atoms with Crippen LogP contribution in [0.4, 0.5) is 13.9 Å². The number of para-hydroxylation sites is 2.